The van der Waals surface area contributed by atoms with E-state index in [-0.39, 0.29) is 0 Å². The van der Waals surface area contributed by atoms with Gasteiger partial charge in [-0.3, -0.25) is 0 Å². The highest BCUT2D eigenvalue weighted by Crippen LogP contribution is 2.41. The summed E-state index contributed by atoms with van der Waals surface area (Å²) >= 11 is 13.3. The molecule has 1 aliphatic rings. The summed E-state index contributed by atoms with van der Waals surface area (Å²) in [6, 6.07) is 6.03. The molecule has 0 atom stereocenters. The monoisotopic (exact) mass is 476 g/mol. The van der Waals surface area contributed by atoms with Crippen molar-refractivity contribution in [3.05, 3.63) is 39.6 Å². The molecule has 1 saturated heterocycles. The molecule has 2 aromatic heterocycles. The summed E-state index contributed by atoms with van der Waals surface area (Å²) in [5, 5.41) is 5.89. The van der Waals surface area contributed by atoms with Gasteiger partial charge in [-0.15, -0.1) is 0 Å². The molecule has 1 aliphatic heterocycles. The van der Waals surface area contributed by atoms with Gasteiger partial charge in [0.15, 0.2) is 5.65 Å². The number of anilines is 1. The summed E-state index contributed by atoms with van der Waals surface area (Å²) in [5.41, 5.74) is 10.0. The highest BCUT2D eigenvalue weighted by atomic mass is 35.5. The van der Waals surface area contributed by atoms with E-state index in [1.54, 1.807) is 19.2 Å². The quantitative estimate of drug-likeness (QED) is 0.574. The van der Waals surface area contributed by atoms with Crippen LogP contribution in [0.1, 0.15) is 24.2 Å². The van der Waals surface area contributed by atoms with E-state index in [9.17, 15) is 0 Å². The van der Waals surface area contributed by atoms with Crippen LogP contribution in [0.5, 0.6) is 5.75 Å². The normalized spacial score (nSPS) is 15.5. The minimum absolute atomic E-state index is 0.404. The lowest BCUT2D eigenvalue weighted by atomic mass is 10.0. The molecule has 0 spiro atoms. The number of hydrogen-bond donors (Lipinski definition) is 1. The zero-order valence-electron chi connectivity index (χ0n) is 19.0. The largest absolute Gasteiger partial charge is 0.497 e. The van der Waals surface area contributed by atoms with Crippen molar-refractivity contribution in [2.24, 2.45) is 5.73 Å². The van der Waals surface area contributed by atoms with Crippen molar-refractivity contribution in [2.45, 2.75) is 32.7 Å². The Balaban J connectivity index is 1.89. The number of hydrogen-bond acceptors (Lipinski definition) is 6. The van der Waals surface area contributed by atoms with Crippen LogP contribution >= 0.6 is 23.2 Å². The molecule has 0 bridgehead atoms. The molecule has 2 N–H and O–H groups in total. The van der Waals surface area contributed by atoms with Gasteiger partial charge >= 0.3 is 0 Å². The third-order valence-electron chi connectivity index (χ3n) is 6.17. The van der Waals surface area contributed by atoms with Crippen molar-refractivity contribution >= 4 is 34.7 Å². The number of aromatic nitrogens is 3. The molecule has 1 fully saturated rings. The van der Waals surface area contributed by atoms with Gasteiger partial charge in [0.05, 0.1) is 28.4 Å². The number of methoxy groups -OCH3 is 1. The van der Waals surface area contributed by atoms with E-state index in [0.717, 1.165) is 66.5 Å². The average Bonchev–Trinajstić information content (AvgIpc) is 3.07. The standard InChI is InChI=1S/C23H30Cl2N6O/c1-14-11-20(30(10-7-26)16-5-8-29(3)9-6-16)31-23(27-14)21(15(2)28-31)22-18(24)12-17(32-4)13-19(22)25/h11-13,16H,5-10,26H2,1-4H3. The molecule has 172 valence electrons. The van der Waals surface area contributed by atoms with E-state index in [1.807, 2.05) is 18.4 Å². The first-order chi connectivity index (χ1) is 15.3. The van der Waals surface area contributed by atoms with Gasteiger partial charge in [-0.05, 0) is 59.0 Å². The van der Waals surface area contributed by atoms with Crippen LogP contribution in [0.2, 0.25) is 10.0 Å². The van der Waals surface area contributed by atoms with E-state index in [1.165, 1.54) is 0 Å². The molecule has 0 amide bonds. The molecule has 4 rings (SSSR count). The fourth-order valence-corrected chi connectivity index (χ4v) is 5.22. The van der Waals surface area contributed by atoms with Crippen LogP contribution in [0, 0.1) is 13.8 Å². The van der Waals surface area contributed by atoms with Gasteiger partial charge in [-0.1, -0.05) is 23.2 Å². The van der Waals surface area contributed by atoms with Crippen molar-refractivity contribution < 1.29 is 4.74 Å². The summed E-state index contributed by atoms with van der Waals surface area (Å²) in [6.07, 6.45) is 2.17. The minimum atomic E-state index is 0.404. The van der Waals surface area contributed by atoms with Crippen molar-refractivity contribution in [3.8, 4) is 16.9 Å². The van der Waals surface area contributed by atoms with E-state index < -0.39 is 0 Å². The molecule has 0 aliphatic carbocycles. The highest BCUT2D eigenvalue weighted by Gasteiger charge is 2.27. The van der Waals surface area contributed by atoms with Crippen LogP contribution in [-0.2, 0) is 0 Å². The van der Waals surface area contributed by atoms with Crippen molar-refractivity contribution in [1.82, 2.24) is 19.5 Å². The zero-order chi connectivity index (χ0) is 23.0. The van der Waals surface area contributed by atoms with Gasteiger partial charge in [0.2, 0.25) is 0 Å². The van der Waals surface area contributed by atoms with Crippen molar-refractivity contribution in [2.75, 3.05) is 45.2 Å². The molecule has 0 saturated carbocycles. The molecule has 0 unspecified atom stereocenters. The molecule has 7 nitrogen and oxygen atoms in total. The maximum absolute atomic E-state index is 6.64. The number of nitrogens with two attached hydrogens (primary N) is 1. The van der Waals surface area contributed by atoms with E-state index in [2.05, 4.69) is 22.9 Å². The Labute approximate surface area is 199 Å². The maximum atomic E-state index is 6.64. The lowest BCUT2D eigenvalue weighted by Crippen LogP contribution is -2.46. The van der Waals surface area contributed by atoms with Crippen molar-refractivity contribution in [3.63, 3.8) is 0 Å². The van der Waals surface area contributed by atoms with Crippen LogP contribution in [0.15, 0.2) is 18.2 Å². The topological polar surface area (TPSA) is 71.9 Å². The van der Waals surface area contributed by atoms with Crippen LogP contribution in [-0.4, -0.2) is 65.9 Å². The van der Waals surface area contributed by atoms with Crippen LogP contribution in [0.4, 0.5) is 5.82 Å². The number of nitrogens with zero attached hydrogens (tertiary/aromatic N) is 5. The predicted octanol–water partition coefficient (Wildman–Crippen LogP) is 4.19. The second kappa shape index (κ2) is 9.43. The number of benzene rings is 1. The number of piperidine rings is 1. The Hall–Kier alpha value is -2.06. The lowest BCUT2D eigenvalue weighted by Gasteiger charge is -2.38. The van der Waals surface area contributed by atoms with Crippen LogP contribution < -0.4 is 15.4 Å². The number of likely N-dealkylation sites (tertiary alicyclic amines) is 1. The number of fused-ring (bicyclic) bond motifs is 1. The first-order valence-electron chi connectivity index (χ1n) is 10.9. The van der Waals surface area contributed by atoms with E-state index >= 15 is 0 Å². The first-order valence-corrected chi connectivity index (χ1v) is 11.6. The number of ether oxygens (including phenoxy) is 1. The highest BCUT2D eigenvalue weighted by molar-refractivity contribution is 6.39. The Morgan fingerprint density at radius 2 is 1.78 bits per heavy atom. The van der Waals surface area contributed by atoms with Gasteiger partial charge in [-0.25, -0.2) is 4.98 Å². The average molecular weight is 477 g/mol. The van der Waals surface area contributed by atoms with Crippen molar-refractivity contribution in [1.29, 1.82) is 0 Å². The van der Waals surface area contributed by atoms with Gasteiger partial charge in [-0.2, -0.15) is 9.61 Å². The Morgan fingerprint density at radius 3 is 2.38 bits per heavy atom. The molecular formula is C23H30Cl2N6O. The molecule has 3 heterocycles. The maximum Gasteiger partial charge on any atom is 0.165 e. The predicted molar refractivity (Wildman–Crippen MR) is 131 cm³/mol. The number of rotatable bonds is 6. The molecule has 1 aromatic carbocycles. The third kappa shape index (κ3) is 4.27. The SMILES string of the molecule is COc1cc(Cl)c(-c2c(C)nn3c(N(CCN)C4CCN(C)CC4)cc(C)nc23)c(Cl)c1. The molecule has 0 radical (unpaired) electrons. The summed E-state index contributed by atoms with van der Waals surface area (Å²) in [6.45, 7) is 7.42. The van der Waals surface area contributed by atoms with Crippen LogP contribution in [0.25, 0.3) is 16.8 Å². The second-order valence-corrected chi connectivity index (χ2v) is 9.25. The summed E-state index contributed by atoms with van der Waals surface area (Å²) in [4.78, 5) is 9.60. The second-order valence-electron chi connectivity index (χ2n) is 8.43. The summed E-state index contributed by atoms with van der Waals surface area (Å²) in [5.74, 6) is 1.61. The van der Waals surface area contributed by atoms with Gasteiger partial charge in [0, 0.05) is 36.5 Å². The Morgan fingerprint density at radius 1 is 1.12 bits per heavy atom. The fraction of sp³-hybridized carbons (Fsp3) is 0.478. The van der Waals surface area contributed by atoms with E-state index in [0.29, 0.717) is 28.4 Å². The van der Waals surface area contributed by atoms with E-state index in [4.69, 9.17) is 43.8 Å². The first kappa shape index (κ1) is 23.1. The minimum Gasteiger partial charge on any atom is -0.497 e. The third-order valence-corrected chi connectivity index (χ3v) is 6.76. The molecule has 3 aromatic rings. The zero-order valence-corrected chi connectivity index (χ0v) is 20.5. The fourth-order valence-electron chi connectivity index (χ4n) is 4.56. The molecule has 9 heteroatoms. The summed E-state index contributed by atoms with van der Waals surface area (Å²) in [7, 11) is 3.76. The number of halogens is 2. The van der Waals surface area contributed by atoms with Gasteiger partial charge in [0.1, 0.15) is 11.6 Å². The Bertz CT molecular complexity index is 1100. The molecular weight excluding hydrogens is 447 g/mol. The van der Waals surface area contributed by atoms with Crippen LogP contribution in [0.3, 0.4) is 0 Å². The van der Waals surface area contributed by atoms with Gasteiger partial charge < -0.3 is 20.3 Å². The number of aryl methyl sites for hydroxylation is 2. The Kier molecular flexibility index (Phi) is 6.81. The van der Waals surface area contributed by atoms with Gasteiger partial charge in [0.25, 0.3) is 0 Å². The summed E-state index contributed by atoms with van der Waals surface area (Å²) < 4.78 is 7.23. The smallest absolute Gasteiger partial charge is 0.165 e. The molecule has 32 heavy (non-hydrogen) atoms. The lowest BCUT2D eigenvalue weighted by molar-refractivity contribution is 0.249.